The van der Waals surface area contributed by atoms with Crippen LogP contribution in [0.3, 0.4) is 0 Å². The summed E-state index contributed by atoms with van der Waals surface area (Å²) in [5, 5.41) is 19.9. The van der Waals surface area contributed by atoms with E-state index in [1.807, 2.05) is 0 Å². The Kier molecular flexibility index (Phi) is 2.08. The van der Waals surface area contributed by atoms with E-state index in [1.54, 1.807) is 17.8 Å². The van der Waals surface area contributed by atoms with Crippen molar-refractivity contribution in [1.29, 1.82) is 0 Å². The molecule has 1 N–H and O–H groups in total. The molecule has 7 heteroatoms. The van der Waals surface area contributed by atoms with Gasteiger partial charge in [-0.1, -0.05) is 0 Å². The third-order valence-electron chi connectivity index (χ3n) is 2.28. The first-order valence-corrected chi connectivity index (χ1v) is 4.34. The fraction of sp³-hybridized carbons (Fsp3) is 0.111. The Balaban J connectivity index is 2.90. The maximum atomic E-state index is 11.0. The number of rotatable bonds is 2. The molecule has 0 amide bonds. The van der Waals surface area contributed by atoms with Crippen molar-refractivity contribution in [3.05, 3.63) is 34.1 Å². The molecule has 0 radical (unpaired) electrons. The van der Waals surface area contributed by atoms with Crippen LogP contribution in [0.2, 0.25) is 0 Å². The van der Waals surface area contributed by atoms with Gasteiger partial charge in [0.15, 0.2) is 0 Å². The highest BCUT2D eigenvalue weighted by molar-refractivity contribution is 6.05. The van der Waals surface area contributed by atoms with Gasteiger partial charge >= 0.3 is 11.7 Å². The van der Waals surface area contributed by atoms with E-state index in [4.69, 9.17) is 5.11 Å². The molecule has 2 aromatic heterocycles. The van der Waals surface area contributed by atoms with Gasteiger partial charge < -0.3 is 9.67 Å². The zero-order valence-electron chi connectivity index (χ0n) is 8.25. The predicted octanol–water partition coefficient (Wildman–Crippen LogP) is 1.18. The van der Waals surface area contributed by atoms with Crippen molar-refractivity contribution in [3.63, 3.8) is 0 Å². The second kappa shape index (κ2) is 3.30. The van der Waals surface area contributed by atoms with Gasteiger partial charge in [0.1, 0.15) is 17.4 Å². The number of carboxylic acid groups (broad SMARTS) is 1. The van der Waals surface area contributed by atoms with E-state index in [0.29, 0.717) is 5.65 Å². The minimum Gasteiger partial charge on any atom is -0.477 e. The summed E-state index contributed by atoms with van der Waals surface area (Å²) in [6.45, 7) is 0. The number of carboxylic acids is 1. The van der Waals surface area contributed by atoms with Crippen LogP contribution in [-0.4, -0.2) is 25.6 Å². The van der Waals surface area contributed by atoms with Crippen LogP contribution in [0.4, 0.5) is 5.69 Å². The minimum atomic E-state index is -1.33. The number of aryl methyl sites for hydroxylation is 1. The molecule has 2 heterocycles. The summed E-state index contributed by atoms with van der Waals surface area (Å²) in [6.07, 6.45) is 2.57. The van der Waals surface area contributed by atoms with Crippen molar-refractivity contribution in [2.75, 3.05) is 0 Å². The van der Waals surface area contributed by atoms with E-state index >= 15 is 0 Å². The van der Waals surface area contributed by atoms with E-state index in [1.165, 1.54) is 6.07 Å². The zero-order valence-corrected chi connectivity index (χ0v) is 8.25. The van der Waals surface area contributed by atoms with Crippen molar-refractivity contribution >= 4 is 22.7 Å². The average molecular weight is 221 g/mol. The molecule has 0 spiro atoms. The van der Waals surface area contributed by atoms with Gasteiger partial charge in [-0.3, -0.25) is 10.1 Å². The van der Waals surface area contributed by atoms with Crippen molar-refractivity contribution < 1.29 is 14.8 Å². The Bertz CT molecular complexity index is 602. The van der Waals surface area contributed by atoms with Gasteiger partial charge in [-0.15, -0.1) is 0 Å². The molecule has 82 valence electrons. The lowest BCUT2D eigenvalue weighted by Crippen LogP contribution is -2.04. The van der Waals surface area contributed by atoms with Crippen molar-refractivity contribution in [3.8, 4) is 0 Å². The average Bonchev–Trinajstić information content (AvgIpc) is 2.58. The van der Waals surface area contributed by atoms with Crippen LogP contribution in [0.25, 0.3) is 11.0 Å². The number of hydrogen-bond donors (Lipinski definition) is 1. The number of hydrogen-bond acceptors (Lipinski definition) is 4. The SMILES string of the molecule is Cn1ccc2c(C(=O)O)c([N+](=O)[O-])cnc21. The lowest BCUT2D eigenvalue weighted by atomic mass is 10.1. The zero-order chi connectivity index (χ0) is 11.9. The maximum absolute atomic E-state index is 11.0. The summed E-state index contributed by atoms with van der Waals surface area (Å²) in [6, 6.07) is 1.50. The fourth-order valence-corrected chi connectivity index (χ4v) is 1.57. The summed E-state index contributed by atoms with van der Waals surface area (Å²) in [4.78, 5) is 24.8. The first-order valence-electron chi connectivity index (χ1n) is 4.34. The molecular weight excluding hydrogens is 214 g/mol. The van der Waals surface area contributed by atoms with Gasteiger partial charge in [0.05, 0.1) is 4.92 Å². The van der Waals surface area contributed by atoms with E-state index in [9.17, 15) is 14.9 Å². The van der Waals surface area contributed by atoms with E-state index < -0.39 is 16.6 Å². The number of aromatic nitrogens is 2. The second-order valence-corrected chi connectivity index (χ2v) is 3.24. The summed E-state index contributed by atoms with van der Waals surface area (Å²) in [7, 11) is 1.69. The number of fused-ring (bicyclic) bond motifs is 1. The molecule has 0 aliphatic carbocycles. The molecule has 7 nitrogen and oxygen atoms in total. The topological polar surface area (TPSA) is 98.3 Å². The van der Waals surface area contributed by atoms with Crippen molar-refractivity contribution in [1.82, 2.24) is 9.55 Å². The van der Waals surface area contributed by atoms with Gasteiger partial charge in [-0.25, -0.2) is 9.78 Å². The molecule has 0 saturated heterocycles. The van der Waals surface area contributed by atoms with Crippen LogP contribution in [0.1, 0.15) is 10.4 Å². The highest BCUT2D eigenvalue weighted by atomic mass is 16.6. The van der Waals surface area contributed by atoms with Gasteiger partial charge in [0.2, 0.25) is 0 Å². The van der Waals surface area contributed by atoms with Crippen LogP contribution in [-0.2, 0) is 7.05 Å². The van der Waals surface area contributed by atoms with Crippen LogP contribution in [0, 0.1) is 10.1 Å². The van der Waals surface area contributed by atoms with E-state index in [2.05, 4.69) is 4.98 Å². The molecule has 0 aliphatic heterocycles. The maximum Gasteiger partial charge on any atom is 0.343 e. The van der Waals surface area contributed by atoms with Gasteiger partial charge in [0.25, 0.3) is 0 Å². The molecule has 0 fully saturated rings. The standard InChI is InChI=1S/C9H7N3O4/c1-11-3-2-5-7(9(13)14)6(12(15)16)4-10-8(5)11/h2-4H,1H3,(H,13,14). The monoisotopic (exact) mass is 221 g/mol. The normalized spacial score (nSPS) is 10.6. The largest absolute Gasteiger partial charge is 0.477 e. The number of nitro groups is 1. The lowest BCUT2D eigenvalue weighted by Gasteiger charge is -2.00. The highest BCUT2D eigenvalue weighted by Gasteiger charge is 2.24. The van der Waals surface area contributed by atoms with E-state index in [-0.39, 0.29) is 10.9 Å². The van der Waals surface area contributed by atoms with E-state index in [0.717, 1.165) is 6.20 Å². The molecule has 2 rings (SSSR count). The molecule has 0 aliphatic rings. The third-order valence-corrected chi connectivity index (χ3v) is 2.28. The van der Waals surface area contributed by atoms with Crippen molar-refractivity contribution in [2.45, 2.75) is 0 Å². The summed E-state index contributed by atoms with van der Waals surface area (Å²) >= 11 is 0. The van der Waals surface area contributed by atoms with Gasteiger partial charge in [-0.05, 0) is 6.07 Å². The van der Waals surface area contributed by atoms with Gasteiger partial charge in [-0.2, -0.15) is 0 Å². The Morgan fingerprint density at radius 3 is 2.88 bits per heavy atom. The molecule has 0 atom stereocenters. The highest BCUT2D eigenvalue weighted by Crippen LogP contribution is 2.26. The second-order valence-electron chi connectivity index (χ2n) is 3.24. The fourth-order valence-electron chi connectivity index (χ4n) is 1.57. The quantitative estimate of drug-likeness (QED) is 0.606. The first kappa shape index (κ1) is 10.1. The third kappa shape index (κ3) is 1.29. The number of pyridine rings is 1. The number of aromatic carboxylic acids is 1. The van der Waals surface area contributed by atoms with Crippen LogP contribution < -0.4 is 0 Å². The Labute approximate surface area is 89.1 Å². The van der Waals surface area contributed by atoms with Gasteiger partial charge in [0, 0.05) is 18.6 Å². The van der Waals surface area contributed by atoms with Crippen LogP contribution >= 0.6 is 0 Å². The van der Waals surface area contributed by atoms with Crippen LogP contribution in [0.15, 0.2) is 18.5 Å². The predicted molar refractivity (Wildman–Crippen MR) is 54.3 cm³/mol. The first-order chi connectivity index (χ1) is 7.52. The minimum absolute atomic E-state index is 0.268. The Morgan fingerprint density at radius 1 is 1.62 bits per heavy atom. The molecule has 0 bridgehead atoms. The number of carbonyl (C=O) groups is 1. The molecule has 0 saturated carbocycles. The molecular formula is C9H7N3O4. The number of nitrogens with zero attached hydrogens (tertiary/aromatic N) is 3. The molecule has 0 aromatic carbocycles. The Morgan fingerprint density at radius 2 is 2.31 bits per heavy atom. The summed E-state index contributed by atoms with van der Waals surface area (Å²) in [5.41, 5.74) is -0.412. The molecule has 16 heavy (non-hydrogen) atoms. The smallest absolute Gasteiger partial charge is 0.343 e. The Hall–Kier alpha value is -2.44. The molecule has 0 unspecified atom stereocenters. The lowest BCUT2D eigenvalue weighted by molar-refractivity contribution is -0.385. The molecule has 2 aromatic rings. The van der Waals surface area contributed by atoms with Crippen LogP contribution in [0.5, 0.6) is 0 Å². The van der Waals surface area contributed by atoms with Crippen molar-refractivity contribution in [2.24, 2.45) is 7.05 Å². The summed E-state index contributed by atoms with van der Waals surface area (Å²) in [5.74, 6) is -1.33. The summed E-state index contributed by atoms with van der Waals surface area (Å²) < 4.78 is 1.60.